The van der Waals surface area contributed by atoms with Crippen LogP contribution in [0.3, 0.4) is 0 Å². The summed E-state index contributed by atoms with van der Waals surface area (Å²) in [5, 5.41) is 4.81. The van der Waals surface area contributed by atoms with Gasteiger partial charge in [0.1, 0.15) is 23.3 Å². The molecule has 13 heteroatoms. The second kappa shape index (κ2) is 15.6. The molecule has 0 unspecified atom stereocenters. The monoisotopic (exact) mass is 763 g/mol. The first-order chi connectivity index (χ1) is 26.7. The molecular formula is C43H53N7O6. The van der Waals surface area contributed by atoms with Gasteiger partial charge in [0.05, 0.1) is 48.7 Å². The van der Waals surface area contributed by atoms with Crippen molar-refractivity contribution in [3.05, 3.63) is 71.9 Å². The van der Waals surface area contributed by atoms with E-state index in [1.807, 2.05) is 45.7 Å². The minimum Gasteiger partial charge on any atom is -0.453 e. The van der Waals surface area contributed by atoms with E-state index in [9.17, 15) is 14.4 Å². The number of H-pyrrole nitrogens is 2. The Kier molecular flexibility index (Phi) is 10.8. The second-order valence-corrected chi connectivity index (χ2v) is 16.5. The lowest BCUT2D eigenvalue weighted by molar-refractivity contribution is -0.135. The van der Waals surface area contributed by atoms with E-state index < -0.39 is 17.7 Å². The number of aromatic amines is 2. The first kappa shape index (κ1) is 38.8. The van der Waals surface area contributed by atoms with E-state index in [1.54, 1.807) is 12.0 Å². The zero-order valence-corrected chi connectivity index (χ0v) is 33.6. The molecule has 2 saturated heterocycles. The average Bonchev–Trinajstić information content (AvgIpc) is 3.98. The number of aromatic nitrogens is 4. The molecule has 3 amide bonds. The molecule has 3 aromatic carbocycles. The summed E-state index contributed by atoms with van der Waals surface area (Å²) in [7, 11) is 2.98. The van der Waals surface area contributed by atoms with Crippen LogP contribution in [0.1, 0.15) is 83.2 Å². The maximum atomic E-state index is 13.6. The number of carbonyl (C=O) groups excluding carboxylic acids is 3. The summed E-state index contributed by atoms with van der Waals surface area (Å²) >= 11 is 0. The number of imidazole rings is 2. The molecule has 56 heavy (non-hydrogen) atoms. The van der Waals surface area contributed by atoms with Gasteiger partial charge in [-0.3, -0.25) is 9.69 Å². The molecule has 0 radical (unpaired) electrons. The van der Waals surface area contributed by atoms with Crippen molar-refractivity contribution in [1.29, 1.82) is 0 Å². The van der Waals surface area contributed by atoms with E-state index in [-0.39, 0.29) is 35.9 Å². The van der Waals surface area contributed by atoms with Crippen LogP contribution >= 0.6 is 0 Å². The Morgan fingerprint density at radius 2 is 1.75 bits per heavy atom. The second-order valence-electron chi connectivity index (χ2n) is 16.5. The highest BCUT2D eigenvalue weighted by Gasteiger charge is 2.40. The Bertz CT molecular complexity index is 2250. The number of hydrogen-bond donors (Lipinski definition) is 3. The maximum Gasteiger partial charge on any atom is 0.410 e. The number of nitrogens with zero attached hydrogens (tertiary/aromatic N) is 4. The summed E-state index contributed by atoms with van der Waals surface area (Å²) in [4.78, 5) is 59.3. The van der Waals surface area contributed by atoms with Gasteiger partial charge in [-0.1, -0.05) is 44.2 Å². The van der Waals surface area contributed by atoms with Crippen LogP contribution in [0.25, 0.3) is 44.2 Å². The largest absolute Gasteiger partial charge is 0.453 e. The summed E-state index contributed by atoms with van der Waals surface area (Å²) < 4.78 is 16.0. The fourth-order valence-electron chi connectivity index (χ4n) is 8.21. The highest BCUT2D eigenvalue weighted by Crippen LogP contribution is 2.39. The molecule has 0 aliphatic carbocycles. The number of aryl methyl sites for hydroxylation is 1. The van der Waals surface area contributed by atoms with Gasteiger partial charge in [0.25, 0.3) is 0 Å². The van der Waals surface area contributed by atoms with Gasteiger partial charge in [-0.15, -0.1) is 0 Å². The molecule has 2 aromatic heterocycles. The topological polar surface area (TPSA) is 155 Å². The zero-order chi connectivity index (χ0) is 39.9. The Balaban J connectivity index is 1.11. The van der Waals surface area contributed by atoms with Crippen molar-refractivity contribution >= 4 is 39.9 Å². The molecule has 2 fully saturated rings. The average molecular weight is 764 g/mol. The van der Waals surface area contributed by atoms with Crippen molar-refractivity contribution in [2.75, 3.05) is 33.9 Å². The molecule has 4 atom stereocenters. The van der Waals surface area contributed by atoms with Crippen LogP contribution in [-0.4, -0.2) is 93.4 Å². The third-order valence-corrected chi connectivity index (χ3v) is 10.9. The van der Waals surface area contributed by atoms with Crippen molar-refractivity contribution in [3.63, 3.8) is 0 Å². The van der Waals surface area contributed by atoms with E-state index in [2.05, 4.69) is 70.7 Å². The van der Waals surface area contributed by atoms with Crippen LogP contribution in [-0.2, 0) is 19.0 Å². The first-order valence-corrected chi connectivity index (χ1v) is 19.5. The fourth-order valence-corrected chi connectivity index (χ4v) is 8.21. The van der Waals surface area contributed by atoms with Crippen LogP contribution in [0.5, 0.6) is 0 Å². The predicted octanol–water partition coefficient (Wildman–Crippen LogP) is 8.07. The fraction of sp³-hybridized carbons (Fsp3) is 0.465. The van der Waals surface area contributed by atoms with E-state index in [0.717, 1.165) is 80.7 Å². The van der Waals surface area contributed by atoms with E-state index >= 15 is 0 Å². The number of rotatable bonds is 9. The van der Waals surface area contributed by atoms with Gasteiger partial charge in [0, 0.05) is 31.5 Å². The molecule has 0 spiro atoms. The number of ether oxygens (including phenoxy) is 3. The third-order valence-electron chi connectivity index (χ3n) is 10.9. The molecule has 2 aliphatic heterocycles. The van der Waals surface area contributed by atoms with Crippen molar-refractivity contribution in [2.45, 2.75) is 84.5 Å². The molecule has 7 rings (SSSR count). The number of hydrogen-bond acceptors (Lipinski definition) is 8. The predicted molar refractivity (Wildman–Crippen MR) is 215 cm³/mol. The van der Waals surface area contributed by atoms with Crippen LogP contribution in [0, 0.1) is 18.8 Å². The van der Waals surface area contributed by atoms with Crippen molar-refractivity contribution in [2.24, 2.45) is 11.8 Å². The van der Waals surface area contributed by atoms with Gasteiger partial charge in [0.15, 0.2) is 0 Å². The highest BCUT2D eigenvalue weighted by molar-refractivity contribution is 6.05. The molecule has 296 valence electrons. The van der Waals surface area contributed by atoms with Crippen LogP contribution < -0.4 is 5.32 Å². The summed E-state index contributed by atoms with van der Waals surface area (Å²) in [5.41, 5.74) is 6.38. The smallest absolute Gasteiger partial charge is 0.410 e. The zero-order valence-electron chi connectivity index (χ0n) is 33.6. The Hall–Kier alpha value is -5.43. The SMILES string of the molecule is COC[C@H]1C[C@@H](c2nc3c(ccc4cc(-c5ccc(-c6cnc([C@@H]7CCCN7C(=O)[C@@H](NC(=O)OC)C(C)C)[nH]6)cc5C)ccc43)[nH]2)N(C(=O)OC(C)(C)C)C1. The summed E-state index contributed by atoms with van der Waals surface area (Å²) in [5.74, 6) is 1.43. The summed E-state index contributed by atoms with van der Waals surface area (Å²) in [6, 6.07) is 15.9. The number of benzene rings is 3. The normalized spacial score (nSPS) is 19.3. The van der Waals surface area contributed by atoms with Crippen LogP contribution in [0.2, 0.25) is 0 Å². The minimum atomic E-state index is -0.686. The van der Waals surface area contributed by atoms with Gasteiger partial charge in [0.2, 0.25) is 5.91 Å². The minimum absolute atomic E-state index is 0.103. The quantitative estimate of drug-likeness (QED) is 0.136. The lowest BCUT2D eigenvalue weighted by atomic mass is 9.95. The number of nitrogens with one attached hydrogen (secondary N) is 3. The molecule has 13 nitrogen and oxygen atoms in total. The van der Waals surface area contributed by atoms with Gasteiger partial charge in [-0.25, -0.2) is 19.6 Å². The number of likely N-dealkylation sites (tertiary alicyclic amines) is 2. The number of methoxy groups -OCH3 is 2. The van der Waals surface area contributed by atoms with Gasteiger partial charge < -0.3 is 34.4 Å². The Labute approximate surface area is 327 Å². The molecule has 4 heterocycles. The van der Waals surface area contributed by atoms with E-state index in [0.29, 0.717) is 19.7 Å². The Morgan fingerprint density at radius 3 is 2.46 bits per heavy atom. The van der Waals surface area contributed by atoms with Crippen LogP contribution in [0.4, 0.5) is 9.59 Å². The number of alkyl carbamates (subject to hydrolysis) is 1. The third kappa shape index (κ3) is 7.82. The molecule has 0 bridgehead atoms. The van der Waals surface area contributed by atoms with Gasteiger partial charge in [-0.05, 0) is 98.7 Å². The lowest BCUT2D eigenvalue weighted by Gasteiger charge is -2.30. The Morgan fingerprint density at radius 1 is 0.964 bits per heavy atom. The standard InChI is InChI=1S/C43H53N7O6/c1-24(2)36(48-41(52)55-8)40(51)49-17-9-10-34(49)38-44-21-33(46-38)29-12-14-30(25(3)18-29)27-11-15-31-28(20-27)13-16-32-37(31)47-39(45-32)35-19-26(23-54-7)22-50(35)42(53)56-43(4,5)6/h11-16,18,20-21,24,26,34-36H,9-10,17,19,22-23H2,1-8H3,(H,44,46)(H,45,47)(H,48,52)/t26-,34-,35-,36-/m0/s1. The number of carbonyl (C=O) groups is 3. The van der Waals surface area contributed by atoms with Crippen LogP contribution in [0.15, 0.2) is 54.7 Å². The molecular weight excluding hydrogens is 711 g/mol. The summed E-state index contributed by atoms with van der Waals surface area (Å²) in [6.07, 6.45) is 3.23. The molecule has 0 saturated carbocycles. The number of amides is 3. The maximum absolute atomic E-state index is 13.6. The van der Waals surface area contributed by atoms with E-state index in [1.165, 1.54) is 7.11 Å². The van der Waals surface area contributed by atoms with Gasteiger partial charge in [-0.2, -0.15) is 0 Å². The van der Waals surface area contributed by atoms with Crippen molar-refractivity contribution in [1.82, 2.24) is 35.1 Å². The molecule has 3 N–H and O–H groups in total. The first-order valence-electron chi connectivity index (χ1n) is 19.5. The summed E-state index contributed by atoms with van der Waals surface area (Å²) in [6.45, 7) is 13.3. The van der Waals surface area contributed by atoms with Gasteiger partial charge >= 0.3 is 12.2 Å². The lowest BCUT2D eigenvalue weighted by Crippen LogP contribution is -2.51. The number of fused-ring (bicyclic) bond motifs is 3. The van der Waals surface area contributed by atoms with Crippen molar-refractivity contribution in [3.8, 4) is 22.4 Å². The van der Waals surface area contributed by atoms with Crippen molar-refractivity contribution < 1.29 is 28.6 Å². The molecule has 2 aliphatic rings. The highest BCUT2D eigenvalue weighted by atomic mass is 16.6. The molecule has 5 aromatic rings. The van der Waals surface area contributed by atoms with E-state index in [4.69, 9.17) is 24.2 Å².